The molecule has 0 spiro atoms. The number of hydrogen-bond acceptors (Lipinski definition) is 3. The molecule has 0 atom stereocenters. The van der Waals surface area contributed by atoms with Gasteiger partial charge in [0.15, 0.2) is 21.5 Å². The van der Waals surface area contributed by atoms with Crippen LogP contribution >= 0.6 is 0 Å². The lowest BCUT2D eigenvalue weighted by Gasteiger charge is -2.18. The summed E-state index contributed by atoms with van der Waals surface area (Å²) in [6, 6.07) is 6.77. The predicted molar refractivity (Wildman–Crippen MR) is 78.1 cm³/mol. The van der Waals surface area contributed by atoms with Gasteiger partial charge in [0, 0.05) is 0 Å². The standard InChI is InChI=1S/C16H14F2O3S/c17-14-6-12(9-19)13(8-15(14)18)11-4-3-10-2-1-5-22(20,21)16(10)7-11/h3-4,6-8,19H,1-2,5,9H2. The number of benzene rings is 2. The van der Waals surface area contributed by atoms with Crippen LogP contribution in [0.15, 0.2) is 35.2 Å². The van der Waals surface area contributed by atoms with Gasteiger partial charge in [-0.2, -0.15) is 0 Å². The van der Waals surface area contributed by atoms with Crippen LogP contribution in [0.4, 0.5) is 8.78 Å². The number of aliphatic hydroxyl groups excluding tert-OH is 1. The van der Waals surface area contributed by atoms with E-state index in [0.717, 1.165) is 17.7 Å². The van der Waals surface area contributed by atoms with Crippen LogP contribution < -0.4 is 0 Å². The highest BCUT2D eigenvalue weighted by atomic mass is 32.2. The maximum Gasteiger partial charge on any atom is 0.178 e. The number of sulfone groups is 1. The van der Waals surface area contributed by atoms with Gasteiger partial charge < -0.3 is 5.11 Å². The van der Waals surface area contributed by atoms with Gasteiger partial charge >= 0.3 is 0 Å². The van der Waals surface area contributed by atoms with Crippen molar-refractivity contribution in [2.75, 3.05) is 5.75 Å². The van der Waals surface area contributed by atoms with Crippen molar-refractivity contribution in [3.8, 4) is 11.1 Å². The highest BCUT2D eigenvalue weighted by Crippen LogP contribution is 2.32. The Bertz CT molecular complexity index is 845. The first-order valence-corrected chi connectivity index (χ1v) is 8.52. The fourth-order valence-corrected chi connectivity index (χ4v) is 4.39. The zero-order valence-corrected chi connectivity index (χ0v) is 12.5. The van der Waals surface area contributed by atoms with Gasteiger partial charge in [0.05, 0.1) is 17.3 Å². The molecule has 0 aromatic heterocycles. The molecule has 0 saturated heterocycles. The number of aliphatic hydroxyl groups is 1. The van der Waals surface area contributed by atoms with Crippen LogP contribution in [0.2, 0.25) is 0 Å². The first-order valence-electron chi connectivity index (χ1n) is 6.87. The Hall–Kier alpha value is -1.79. The number of aryl methyl sites for hydroxylation is 1. The van der Waals surface area contributed by atoms with Crippen molar-refractivity contribution < 1.29 is 22.3 Å². The average molecular weight is 324 g/mol. The van der Waals surface area contributed by atoms with E-state index in [4.69, 9.17) is 0 Å². The van der Waals surface area contributed by atoms with Crippen molar-refractivity contribution in [1.29, 1.82) is 0 Å². The topological polar surface area (TPSA) is 54.4 Å². The van der Waals surface area contributed by atoms with Crippen molar-refractivity contribution in [1.82, 2.24) is 0 Å². The summed E-state index contributed by atoms with van der Waals surface area (Å²) in [6.07, 6.45) is 1.27. The molecule has 1 aliphatic heterocycles. The second-order valence-corrected chi connectivity index (χ2v) is 7.40. The predicted octanol–water partition coefficient (Wildman–Crippen LogP) is 2.84. The summed E-state index contributed by atoms with van der Waals surface area (Å²) in [4.78, 5) is 0.241. The second-order valence-electron chi connectivity index (χ2n) is 5.33. The van der Waals surface area contributed by atoms with Crippen LogP contribution in [0.1, 0.15) is 17.5 Å². The van der Waals surface area contributed by atoms with Gasteiger partial charge in [-0.25, -0.2) is 17.2 Å². The van der Waals surface area contributed by atoms with Crippen molar-refractivity contribution in [3.63, 3.8) is 0 Å². The fraction of sp³-hybridized carbons (Fsp3) is 0.250. The Morgan fingerprint density at radius 1 is 1.09 bits per heavy atom. The molecule has 0 radical (unpaired) electrons. The lowest BCUT2D eigenvalue weighted by atomic mass is 9.97. The van der Waals surface area contributed by atoms with Crippen LogP contribution in [0.25, 0.3) is 11.1 Å². The molecular formula is C16H14F2O3S. The van der Waals surface area contributed by atoms with Crippen LogP contribution in [0, 0.1) is 11.6 Å². The molecule has 116 valence electrons. The molecule has 0 fully saturated rings. The molecule has 2 aromatic rings. The lowest BCUT2D eigenvalue weighted by Crippen LogP contribution is -2.16. The van der Waals surface area contributed by atoms with E-state index >= 15 is 0 Å². The SMILES string of the molecule is O=S1(=O)CCCc2ccc(-c3cc(F)c(F)cc3CO)cc21. The Kier molecular flexibility index (Phi) is 3.74. The van der Waals surface area contributed by atoms with E-state index in [2.05, 4.69) is 0 Å². The Balaban J connectivity index is 2.21. The average Bonchev–Trinajstić information content (AvgIpc) is 2.49. The highest BCUT2D eigenvalue weighted by Gasteiger charge is 2.24. The number of rotatable bonds is 2. The molecule has 3 nitrogen and oxygen atoms in total. The third-order valence-corrected chi connectivity index (χ3v) is 5.77. The number of halogens is 2. The smallest absolute Gasteiger partial charge is 0.178 e. The normalized spacial score (nSPS) is 16.3. The monoisotopic (exact) mass is 324 g/mol. The van der Waals surface area contributed by atoms with E-state index < -0.39 is 28.1 Å². The van der Waals surface area contributed by atoms with E-state index in [1.54, 1.807) is 12.1 Å². The van der Waals surface area contributed by atoms with Gasteiger partial charge in [-0.3, -0.25) is 0 Å². The van der Waals surface area contributed by atoms with Crippen LogP contribution in [0.5, 0.6) is 0 Å². The summed E-state index contributed by atoms with van der Waals surface area (Å²) in [5.41, 5.74) is 1.70. The van der Waals surface area contributed by atoms with E-state index in [1.807, 2.05) is 0 Å². The summed E-state index contributed by atoms with van der Waals surface area (Å²) in [5.74, 6) is -1.99. The minimum atomic E-state index is -3.34. The van der Waals surface area contributed by atoms with E-state index in [1.165, 1.54) is 6.07 Å². The molecule has 6 heteroatoms. The molecule has 1 N–H and O–H groups in total. The first-order chi connectivity index (χ1) is 10.4. The molecule has 22 heavy (non-hydrogen) atoms. The van der Waals surface area contributed by atoms with Crippen LogP contribution in [-0.4, -0.2) is 19.3 Å². The van der Waals surface area contributed by atoms with E-state index in [0.29, 0.717) is 24.0 Å². The molecule has 1 heterocycles. The largest absolute Gasteiger partial charge is 0.392 e. The van der Waals surface area contributed by atoms with Gasteiger partial charge in [0.1, 0.15) is 0 Å². The Morgan fingerprint density at radius 2 is 1.82 bits per heavy atom. The minimum absolute atomic E-state index is 0.0914. The van der Waals surface area contributed by atoms with Gasteiger partial charge in [0.2, 0.25) is 0 Å². The molecule has 3 rings (SSSR count). The first kappa shape index (κ1) is 15.1. The molecule has 0 saturated carbocycles. The van der Waals surface area contributed by atoms with Gasteiger partial charge in [0.25, 0.3) is 0 Å². The van der Waals surface area contributed by atoms with Crippen molar-refractivity contribution in [2.45, 2.75) is 24.3 Å². The van der Waals surface area contributed by atoms with Crippen molar-refractivity contribution >= 4 is 9.84 Å². The highest BCUT2D eigenvalue weighted by molar-refractivity contribution is 7.91. The number of fused-ring (bicyclic) bond motifs is 1. The third kappa shape index (κ3) is 2.53. The van der Waals surface area contributed by atoms with Gasteiger partial charge in [-0.15, -0.1) is 0 Å². The fourth-order valence-electron chi connectivity index (χ4n) is 2.77. The minimum Gasteiger partial charge on any atom is -0.392 e. The third-order valence-electron chi connectivity index (χ3n) is 3.89. The van der Waals surface area contributed by atoms with Gasteiger partial charge in [-0.05, 0) is 53.3 Å². The summed E-state index contributed by atoms with van der Waals surface area (Å²) < 4.78 is 51.1. The van der Waals surface area contributed by atoms with Crippen molar-refractivity contribution in [2.24, 2.45) is 0 Å². The summed E-state index contributed by atoms with van der Waals surface area (Å²) in [6.45, 7) is -0.462. The van der Waals surface area contributed by atoms with E-state index in [9.17, 15) is 22.3 Å². The van der Waals surface area contributed by atoms with Crippen LogP contribution in [0.3, 0.4) is 0 Å². The zero-order valence-electron chi connectivity index (χ0n) is 11.6. The maximum absolute atomic E-state index is 13.5. The Labute approximate surface area is 127 Å². The quantitative estimate of drug-likeness (QED) is 0.924. The molecule has 0 unspecified atom stereocenters. The van der Waals surface area contributed by atoms with Crippen molar-refractivity contribution in [3.05, 3.63) is 53.1 Å². The summed E-state index contributed by atoms with van der Waals surface area (Å²) >= 11 is 0. The summed E-state index contributed by atoms with van der Waals surface area (Å²) in [5, 5.41) is 9.33. The maximum atomic E-state index is 13.5. The van der Waals surface area contributed by atoms with E-state index in [-0.39, 0.29) is 16.2 Å². The molecule has 0 bridgehead atoms. The van der Waals surface area contributed by atoms with Crippen LogP contribution in [-0.2, 0) is 22.9 Å². The molecule has 2 aromatic carbocycles. The molecular weight excluding hydrogens is 310 g/mol. The zero-order chi connectivity index (χ0) is 15.9. The molecule has 0 amide bonds. The summed E-state index contributed by atoms with van der Waals surface area (Å²) in [7, 11) is -3.34. The number of hydrogen-bond donors (Lipinski definition) is 1. The Morgan fingerprint density at radius 3 is 2.55 bits per heavy atom. The van der Waals surface area contributed by atoms with Gasteiger partial charge in [-0.1, -0.05) is 12.1 Å². The molecule has 0 aliphatic carbocycles. The lowest BCUT2D eigenvalue weighted by molar-refractivity contribution is 0.281. The molecule has 1 aliphatic rings. The second kappa shape index (κ2) is 5.44.